The van der Waals surface area contributed by atoms with Crippen molar-refractivity contribution in [3.63, 3.8) is 0 Å². The number of hydrogen-bond donors (Lipinski definition) is 1. The number of hydrogen-bond acceptors (Lipinski definition) is 4. The maximum absolute atomic E-state index is 12.9. The van der Waals surface area contributed by atoms with E-state index < -0.39 is 11.4 Å². The van der Waals surface area contributed by atoms with Crippen LogP contribution in [0.25, 0.3) is 0 Å². The first kappa shape index (κ1) is 17.0. The molecular weight excluding hydrogens is 298 g/mol. The van der Waals surface area contributed by atoms with Crippen LogP contribution in [0.5, 0.6) is 0 Å². The van der Waals surface area contributed by atoms with Crippen molar-refractivity contribution in [2.24, 2.45) is 5.73 Å². The van der Waals surface area contributed by atoms with E-state index in [1.54, 1.807) is 29.8 Å². The number of rotatable bonds is 3. The van der Waals surface area contributed by atoms with Crippen LogP contribution in [0, 0.1) is 0 Å². The molecule has 126 valence electrons. The van der Waals surface area contributed by atoms with Crippen LogP contribution >= 0.6 is 0 Å². The fraction of sp³-hybridized carbons (Fsp3) is 0.600. The van der Waals surface area contributed by atoms with Crippen LogP contribution in [0.2, 0.25) is 0 Å². The number of aromatic nitrogens is 2. The SMILES string of the molecule is CC(=O)N1CCCN(C(=O)C(C)(C)n2ccnc2C(N)=O)CC1. The summed E-state index contributed by atoms with van der Waals surface area (Å²) >= 11 is 0. The molecule has 2 N–H and O–H groups in total. The quantitative estimate of drug-likeness (QED) is 0.833. The molecule has 2 rings (SSSR count). The van der Waals surface area contributed by atoms with Crippen molar-refractivity contribution in [1.29, 1.82) is 0 Å². The van der Waals surface area contributed by atoms with Crippen LogP contribution in [0.4, 0.5) is 0 Å². The first-order valence-corrected chi connectivity index (χ1v) is 7.63. The van der Waals surface area contributed by atoms with Gasteiger partial charge in [0.05, 0.1) is 0 Å². The third-order valence-corrected chi connectivity index (χ3v) is 4.22. The van der Waals surface area contributed by atoms with Gasteiger partial charge < -0.3 is 20.1 Å². The molecule has 1 aliphatic heterocycles. The van der Waals surface area contributed by atoms with Crippen molar-refractivity contribution in [3.05, 3.63) is 18.2 Å². The van der Waals surface area contributed by atoms with E-state index in [0.29, 0.717) is 26.2 Å². The molecule has 1 fully saturated rings. The summed E-state index contributed by atoms with van der Waals surface area (Å²) in [5.41, 5.74) is 4.34. The van der Waals surface area contributed by atoms with Gasteiger partial charge in [0, 0.05) is 45.5 Å². The lowest BCUT2D eigenvalue weighted by molar-refractivity contribution is -0.139. The van der Waals surface area contributed by atoms with Gasteiger partial charge in [0.15, 0.2) is 5.82 Å². The highest BCUT2D eigenvalue weighted by Crippen LogP contribution is 2.21. The number of amides is 3. The van der Waals surface area contributed by atoms with E-state index in [9.17, 15) is 14.4 Å². The predicted molar refractivity (Wildman–Crippen MR) is 83.5 cm³/mol. The molecule has 8 heteroatoms. The Bertz CT molecular complexity index is 622. The monoisotopic (exact) mass is 321 g/mol. The van der Waals surface area contributed by atoms with E-state index in [4.69, 9.17) is 5.73 Å². The summed E-state index contributed by atoms with van der Waals surface area (Å²) in [6.07, 6.45) is 3.76. The Balaban J connectivity index is 2.19. The van der Waals surface area contributed by atoms with Gasteiger partial charge in [-0.15, -0.1) is 0 Å². The molecule has 3 amide bonds. The molecule has 0 aromatic carbocycles. The number of nitrogens with two attached hydrogens (primary N) is 1. The van der Waals surface area contributed by atoms with Gasteiger partial charge in [-0.3, -0.25) is 14.4 Å². The zero-order valence-electron chi connectivity index (χ0n) is 13.8. The normalized spacial score (nSPS) is 16.1. The minimum atomic E-state index is -0.980. The molecule has 0 atom stereocenters. The van der Waals surface area contributed by atoms with Gasteiger partial charge in [0.25, 0.3) is 5.91 Å². The largest absolute Gasteiger partial charge is 0.363 e. The molecule has 0 bridgehead atoms. The van der Waals surface area contributed by atoms with E-state index in [2.05, 4.69) is 4.98 Å². The van der Waals surface area contributed by atoms with Crippen LogP contribution in [-0.4, -0.2) is 63.3 Å². The zero-order valence-corrected chi connectivity index (χ0v) is 13.8. The summed E-state index contributed by atoms with van der Waals surface area (Å²) in [6, 6.07) is 0. The lowest BCUT2D eigenvalue weighted by Gasteiger charge is -2.33. The van der Waals surface area contributed by atoms with Crippen molar-refractivity contribution in [3.8, 4) is 0 Å². The first-order valence-electron chi connectivity index (χ1n) is 7.63. The molecule has 0 unspecified atom stereocenters. The minimum absolute atomic E-state index is 0.0178. The summed E-state index contributed by atoms with van der Waals surface area (Å²) < 4.78 is 1.51. The van der Waals surface area contributed by atoms with E-state index in [0.717, 1.165) is 6.42 Å². The molecule has 0 radical (unpaired) electrons. The molecule has 1 aromatic heterocycles. The smallest absolute Gasteiger partial charge is 0.284 e. The fourth-order valence-corrected chi connectivity index (χ4v) is 2.86. The highest BCUT2D eigenvalue weighted by Gasteiger charge is 2.36. The van der Waals surface area contributed by atoms with E-state index >= 15 is 0 Å². The molecule has 1 aliphatic rings. The second-order valence-corrected chi connectivity index (χ2v) is 6.20. The second-order valence-electron chi connectivity index (χ2n) is 6.20. The highest BCUT2D eigenvalue weighted by molar-refractivity contribution is 5.91. The van der Waals surface area contributed by atoms with Gasteiger partial charge in [0.2, 0.25) is 11.8 Å². The summed E-state index contributed by atoms with van der Waals surface area (Å²) in [6.45, 7) is 7.22. The molecule has 0 spiro atoms. The number of carbonyl (C=O) groups is 3. The summed E-state index contributed by atoms with van der Waals surface area (Å²) in [5.74, 6) is -0.717. The molecule has 23 heavy (non-hydrogen) atoms. The predicted octanol–water partition coefficient (Wildman–Crippen LogP) is -0.202. The maximum atomic E-state index is 12.9. The summed E-state index contributed by atoms with van der Waals surface area (Å²) in [4.78, 5) is 43.3. The van der Waals surface area contributed by atoms with Crippen LogP contribution in [0.3, 0.4) is 0 Å². The molecule has 8 nitrogen and oxygen atoms in total. The lowest BCUT2D eigenvalue weighted by atomic mass is 10.0. The van der Waals surface area contributed by atoms with Crippen LogP contribution in [0.1, 0.15) is 37.8 Å². The number of nitrogens with zero attached hydrogens (tertiary/aromatic N) is 4. The third kappa shape index (κ3) is 3.35. The van der Waals surface area contributed by atoms with E-state index in [-0.39, 0.29) is 17.6 Å². The molecule has 1 saturated heterocycles. The summed E-state index contributed by atoms with van der Waals surface area (Å²) in [7, 11) is 0. The molecule has 0 aliphatic carbocycles. The van der Waals surface area contributed by atoms with Gasteiger partial charge >= 0.3 is 0 Å². The molecule has 1 aromatic rings. The molecular formula is C15H23N5O3. The number of carbonyl (C=O) groups excluding carboxylic acids is 3. The lowest BCUT2D eigenvalue weighted by Crippen LogP contribution is -2.49. The van der Waals surface area contributed by atoms with Crippen molar-refractivity contribution < 1.29 is 14.4 Å². The maximum Gasteiger partial charge on any atom is 0.284 e. The average molecular weight is 321 g/mol. The first-order chi connectivity index (χ1) is 10.7. The highest BCUT2D eigenvalue weighted by atomic mass is 16.2. The Kier molecular flexibility index (Phi) is 4.72. The number of primary amides is 1. The van der Waals surface area contributed by atoms with Crippen LogP contribution < -0.4 is 5.73 Å². The van der Waals surface area contributed by atoms with Crippen molar-refractivity contribution >= 4 is 17.7 Å². The van der Waals surface area contributed by atoms with E-state index in [1.165, 1.54) is 17.7 Å². The second kappa shape index (κ2) is 6.39. The fourth-order valence-electron chi connectivity index (χ4n) is 2.86. The molecule has 0 saturated carbocycles. The average Bonchev–Trinajstić information content (AvgIpc) is 2.85. The molecule has 2 heterocycles. The Labute approximate surface area is 135 Å². The Hall–Kier alpha value is -2.38. The third-order valence-electron chi connectivity index (χ3n) is 4.22. The van der Waals surface area contributed by atoms with Gasteiger partial charge in [-0.1, -0.05) is 0 Å². The van der Waals surface area contributed by atoms with Gasteiger partial charge in [0.1, 0.15) is 5.54 Å². The Morgan fingerprint density at radius 1 is 1.13 bits per heavy atom. The Morgan fingerprint density at radius 3 is 2.35 bits per heavy atom. The minimum Gasteiger partial charge on any atom is -0.363 e. The van der Waals surface area contributed by atoms with Crippen molar-refractivity contribution in [1.82, 2.24) is 19.4 Å². The zero-order chi connectivity index (χ0) is 17.2. The standard InChI is InChI=1S/C15H23N5O3/c1-11(21)18-6-4-7-19(10-9-18)14(23)15(2,3)20-8-5-17-13(20)12(16)22/h5,8H,4,6-7,9-10H2,1-3H3,(H2,16,22). The topological polar surface area (TPSA) is 102 Å². The number of imidazole rings is 1. The van der Waals surface area contributed by atoms with Crippen molar-refractivity contribution in [2.45, 2.75) is 32.7 Å². The Morgan fingerprint density at radius 2 is 1.74 bits per heavy atom. The van der Waals surface area contributed by atoms with E-state index in [1.807, 2.05) is 0 Å². The van der Waals surface area contributed by atoms with Gasteiger partial charge in [-0.2, -0.15) is 0 Å². The van der Waals surface area contributed by atoms with Crippen LogP contribution in [0.15, 0.2) is 12.4 Å². The van der Waals surface area contributed by atoms with Crippen molar-refractivity contribution in [2.75, 3.05) is 26.2 Å². The van der Waals surface area contributed by atoms with Gasteiger partial charge in [-0.05, 0) is 20.3 Å². The van der Waals surface area contributed by atoms with Crippen LogP contribution in [-0.2, 0) is 15.1 Å². The summed E-state index contributed by atoms with van der Waals surface area (Å²) in [5, 5.41) is 0. The van der Waals surface area contributed by atoms with Gasteiger partial charge in [-0.25, -0.2) is 4.98 Å².